The lowest BCUT2D eigenvalue weighted by Gasteiger charge is -2.05. The minimum Gasteiger partial charge on any atom is -0.350 e. The number of rotatable bonds is 3. The van der Waals surface area contributed by atoms with E-state index in [0.717, 1.165) is 16.5 Å². The first-order chi connectivity index (χ1) is 8.78. The Morgan fingerprint density at radius 3 is 3.06 bits per heavy atom. The van der Waals surface area contributed by atoms with Crippen LogP contribution in [0.15, 0.2) is 35.8 Å². The lowest BCUT2D eigenvalue weighted by atomic mass is 10.2. The average molecular weight is 278 g/mol. The van der Waals surface area contributed by atoms with Gasteiger partial charge in [-0.1, -0.05) is 6.07 Å². The van der Waals surface area contributed by atoms with Crippen molar-refractivity contribution in [3.05, 3.63) is 41.5 Å². The van der Waals surface area contributed by atoms with E-state index < -0.39 is 0 Å². The first-order valence-electron chi connectivity index (χ1n) is 5.59. The molecule has 0 spiro atoms. The number of halogens is 1. The summed E-state index contributed by atoms with van der Waals surface area (Å²) in [6.07, 6.45) is 2.06. The molecule has 0 radical (unpaired) electrons. The van der Waals surface area contributed by atoms with Gasteiger partial charge in [0.05, 0.1) is 11.6 Å². The summed E-state index contributed by atoms with van der Waals surface area (Å²) < 4.78 is 2.10. The molecule has 3 aromatic rings. The van der Waals surface area contributed by atoms with E-state index in [1.165, 1.54) is 10.9 Å². The van der Waals surface area contributed by atoms with E-state index in [1.807, 2.05) is 18.5 Å². The summed E-state index contributed by atoms with van der Waals surface area (Å²) >= 11 is 7.33. The maximum Gasteiger partial charge on any atom is 0.187 e. The van der Waals surface area contributed by atoms with Crippen LogP contribution in [0.3, 0.4) is 0 Å². The summed E-state index contributed by atoms with van der Waals surface area (Å²) in [5, 5.41) is 7.40. The van der Waals surface area contributed by atoms with Crippen molar-refractivity contribution in [2.24, 2.45) is 7.05 Å². The monoisotopic (exact) mass is 277 g/mol. The van der Waals surface area contributed by atoms with Crippen LogP contribution in [0, 0.1) is 0 Å². The Morgan fingerprint density at radius 1 is 1.39 bits per heavy atom. The Morgan fingerprint density at radius 2 is 2.28 bits per heavy atom. The summed E-state index contributed by atoms with van der Waals surface area (Å²) in [5.41, 5.74) is 3.18. The molecule has 92 valence electrons. The third-order valence-electron chi connectivity index (χ3n) is 2.86. The standard InChI is InChI=1S/C13H12ClN3S/c1-17-6-5-10-11(3-2-4-12(10)17)16-13-15-9(7-14)8-18-13/h2-6,8H,7H2,1H3,(H,15,16). The van der Waals surface area contributed by atoms with E-state index in [1.54, 1.807) is 11.3 Å². The number of hydrogen-bond donors (Lipinski definition) is 1. The second kappa shape index (κ2) is 4.63. The zero-order valence-electron chi connectivity index (χ0n) is 9.85. The van der Waals surface area contributed by atoms with Crippen molar-refractivity contribution in [1.82, 2.24) is 9.55 Å². The van der Waals surface area contributed by atoms with Crippen LogP contribution in [0.25, 0.3) is 10.9 Å². The molecule has 0 saturated carbocycles. The van der Waals surface area contributed by atoms with Gasteiger partial charge >= 0.3 is 0 Å². The largest absolute Gasteiger partial charge is 0.350 e. The summed E-state index contributed by atoms with van der Waals surface area (Å²) in [4.78, 5) is 4.41. The molecule has 0 saturated heterocycles. The number of anilines is 2. The molecule has 1 aromatic carbocycles. The summed E-state index contributed by atoms with van der Waals surface area (Å²) in [6, 6.07) is 8.31. The SMILES string of the molecule is Cn1ccc2c(Nc3nc(CCl)cs3)cccc21. The highest BCUT2D eigenvalue weighted by molar-refractivity contribution is 7.13. The van der Waals surface area contributed by atoms with Crippen molar-refractivity contribution in [2.75, 3.05) is 5.32 Å². The minimum atomic E-state index is 0.452. The van der Waals surface area contributed by atoms with Gasteiger partial charge in [0.25, 0.3) is 0 Å². The number of alkyl halides is 1. The molecule has 3 nitrogen and oxygen atoms in total. The maximum atomic E-state index is 5.75. The Hall–Kier alpha value is -1.52. The number of thiazole rings is 1. The maximum absolute atomic E-state index is 5.75. The molecule has 0 aliphatic rings. The van der Waals surface area contributed by atoms with Crippen molar-refractivity contribution in [3.63, 3.8) is 0 Å². The molecule has 18 heavy (non-hydrogen) atoms. The molecule has 2 aromatic heterocycles. The first kappa shape index (κ1) is 11.6. The number of fused-ring (bicyclic) bond motifs is 1. The van der Waals surface area contributed by atoms with Crippen molar-refractivity contribution in [2.45, 2.75) is 5.88 Å². The number of hydrogen-bond acceptors (Lipinski definition) is 3. The van der Waals surface area contributed by atoms with Crippen LogP contribution >= 0.6 is 22.9 Å². The topological polar surface area (TPSA) is 29.9 Å². The highest BCUT2D eigenvalue weighted by Gasteiger charge is 2.06. The van der Waals surface area contributed by atoms with Crippen molar-refractivity contribution in [3.8, 4) is 0 Å². The molecule has 5 heteroatoms. The number of aromatic nitrogens is 2. The fraction of sp³-hybridized carbons (Fsp3) is 0.154. The molecule has 0 amide bonds. The van der Waals surface area contributed by atoms with Crippen LogP contribution in [0.4, 0.5) is 10.8 Å². The zero-order chi connectivity index (χ0) is 12.5. The summed E-state index contributed by atoms with van der Waals surface area (Å²) in [6.45, 7) is 0. The fourth-order valence-electron chi connectivity index (χ4n) is 1.95. The van der Waals surface area contributed by atoms with Gasteiger partial charge in [-0.05, 0) is 18.2 Å². The molecule has 1 N–H and O–H groups in total. The van der Waals surface area contributed by atoms with E-state index in [2.05, 4.69) is 39.3 Å². The minimum absolute atomic E-state index is 0.452. The predicted octanol–water partition coefficient (Wildman–Crippen LogP) is 4.12. The Bertz CT molecular complexity index is 686. The molecular formula is C13H12ClN3S. The molecule has 0 aliphatic carbocycles. The second-order valence-corrected chi connectivity index (χ2v) is 5.19. The van der Waals surface area contributed by atoms with Crippen LogP contribution in [-0.2, 0) is 12.9 Å². The van der Waals surface area contributed by atoms with Gasteiger partial charge in [-0.2, -0.15) is 0 Å². The average Bonchev–Trinajstić information content (AvgIpc) is 2.98. The third kappa shape index (κ3) is 1.98. The third-order valence-corrected chi connectivity index (χ3v) is 3.94. The molecular weight excluding hydrogens is 266 g/mol. The number of nitrogens with one attached hydrogen (secondary N) is 1. The second-order valence-electron chi connectivity index (χ2n) is 4.07. The number of benzene rings is 1. The van der Waals surface area contributed by atoms with Crippen LogP contribution < -0.4 is 5.32 Å². The van der Waals surface area contributed by atoms with E-state index in [4.69, 9.17) is 11.6 Å². The van der Waals surface area contributed by atoms with E-state index >= 15 is 0 Å². The van der Waals surface area contributed by atoms with Crippen molar-refractivity contribution in [1.29, 1.82) is 0 Å². The lowest BCUT2D eigenvalue weighted by molar-refractivity contribution is 0.969. The lowest BCUT2D eigenvalue weighted by Crippen LogP contribution is -1.91. The molecule has 3 rings (SSSR count). The smallest absolute Gasteiger partial charge is 0.187 e. The highest BCUT2D eigenvalue weighted by Crippen LogP contribution is 2.28. The number of aryl methyl sites for hydroxylation is 1. The Labute approximate surface area is 114 Å². The van der Waals surface area contributed by atoms with Crippen LogP contribution in [0.5, 0.6) is 0 Å². The van der Waals surface area contributed by atoms with Gasteiger partial charge in [0, 0.05) is 35.2 Å². The van der Waals surface area contributed by atoms with Crippen LogP contribution in [-0.4, -0.2) is 9.55 Å². The predicted molar refractivity (Wildman–Crippen MR) is 77.9 cm³/mol. The van der Waals surface area contributed by atoms with E-state index in [0.29, 0.717) is 5.88 Å². The van der Waals surface area contributed by atoms with Gasteiger partial charge in [-0.3, -0.25) is 0 Å². The molecule has 0 fully saturated rings. The van der Waals surface area contributed by atoms with E-state index in [9.17, 15) is 0 Å². The Kier molecular flexibility index (Phi) is 2.97. The quantitative estimate of drug-likeness (QED) is 0.730. The van der Waals surface area contributed by atoms with Crippen LogP contribution in [0.2, 0.25) is 0 Å². The van der Waals surface area contributed by atoms with Crippen LogP contribution in [0.1, 0.15) is 5.69 Å². The molecule has 0 bridgehead atoms. The van der Waals surface area contributed by atoms with Crippen molar-refractivity contribution >= 4 is 44.7 Å². The van der Waals surface area contributed by atoms with Gasteiger partial charge in [0.15, 0.2) is 5.13 Å². The van der Waals surface area contributed by atoms with Gasteiger partial charge in [0.1, 0.15) is 0 Å². The summed E-state index contributed by atoms with van der Waals surface area (Å²) in [5.74, 6) is 0.452. The van der Waals surface area contributed by atoms with E-state index in [-0.39, 0.29) is 0 Å². The molecule has 0 aliphatic heterocycles. The summed E-state index contributed by atoms with van der Waals surface area (Å²) in [7, 11) is 2.04. The van der Waals surface area contributed by atoms with Gasteiger partial charge < -0.3 is 9.88 Å². The van der Waals surface area contributed by atoms with Gasteiger partial charge in [-0.25, -0.2) is 4.98 Å². The number of nitrogens with zero attached hydrogens (tertiary/aromatic N) is 2. The molecule has 0 atom stereocenters. The fourth-order valence-corrected chi connectivity index (χ4v) is 2.90. The van der Waals surface area contributed by atoms with Gasteiger partial charge in [-0.15, -0.1) is 22.9 Å². The Balaban J connectivity index is 1.99. The van der Waals surface area contributed by atoms with Crippen molar-refractivity contribution < 1.29 is 0 Å². The zero-order valence-corrected chi connectivity index (χ0v) is 11.4. The van der Waals surface area contributed by atoms with Gasteiger partial charge in [0.2, 0.25) is 0 Å². The first-order valence-corrected chi connectivity index (χ1v) is 7.01. The molecule has 2 heterocycles. The normalized spacial score (nSPS) is 11.0. The highest BCUT2D eigenvalue weighted by atomic mass is 35.5. The molecule has 0 unspecified atom stereocenters.